The summed E-state index contributed by atoms with van der Waals surface area (Å²) in [5.41, 5.74) is 10.5. The molecule has 5 rings (SSSR count). The van der Waals surface area contributed by atoms with Gasteiger partial charge in [0.2, 0.25) is 0 Å². The number of aryl methyl sites for hydroxylation is 4. The summed E-state index contributed by atoms with van der Waals surface area (Å²) in [6, 6.07) is 30.7. The van der Waals surface area contributed by atoms with Crippen LogP contribution in [0.2, 0.25) is 0 Å². The van der Waals surface area contributed by atoms with Crippen LogP contribution in [0.1, 0.15) is 44.9 Å². The van der Waals surface area contributed by atoms with Gasteiger partial charge in [-0.15, -0.1) is 0 Å². The van der Waals surface area contributed by atoms with Gasteiger partial charge >= 0.3 is 0 Å². The number of ether oxygens (including phenoxy) is 4. The van der Waals surface area contributed by atoms with Crippen molar-refractivity contribution in [3.63, 3.8) is 0 Å². The van der Waals surface area contributed by atoms with E-state index in [1.165, 1.54) is 0 Å². The summed E-state index contributed by atoms with van der Waals surface area (Å²) < 4.78 is 24.1. The maximum absolute atomic E-state index is 9.84. The predicted octanol–water partition coefficient (Wildman–Crippen LogP) is 6.92. The monoisotopic (exact) mass is 692 g/mol. The van der Waals surface area contributed by atoms with Crippen molar-refractivity contribution in [3.8, 4) is 45.3 Å². The second kappa shape index (κ2) is 17.9. The molecular weight excluding hydrogens is 644 g/mol. The smallest absolute Gasteiger partial charge is 0.126 e. The summed E-state index contributed by atoms with van der Waals surface area (Å²) >= 11 is 0. The summed E-state index contributed by atoms with van der Waals surface area (Å²) in [6.45, 7) is 8.31. The van der Waals surface area contributed by atoms with E-state index in [4.69, 9.17) is 18.9 Å². The van der Waals surface area contributed by atoms with Crippen molar-refractivity contribution >= 4 is 0 Å². The minimum atomic E-state index is -0.368. The van der Waals surface area contributed by atoms with E-state index >= 15 is 0 Å². The Labute approximate surface area is 300 Å². The molecule has 0 aromatic heterocycles. The molecule has 0 aliphatic rings. The van der Waals surface area contributed by atoms with Crippen molar-refractivity contribution in [1.82, 2.24) is 0 Å². The van der Waals surface area contributed by atoms with Gasteiger partial charge in [0.05, 0.1) is 26.4 Å². The minimum absolute atomic E-state index is 0.0609. The van der Waals surface area contributed by atoms with Crippen LogP contribution in [0.3, 0.4) is 0 Å². The van der Waals surface area contributed by atoms with Gasteiger partial charge < -0.3 is 39.4 Å². The lowest BCUT2D eigenvalue weighted by molar-refractivity contribution is 0.198. The average Bonchev–Trinajstić information content (AvgIpc) is 3.13. The molecule has 0 bridgehead atoms. The van der Waals surface area contributed by atoms with Crippen LogP contribution in [-0.4, -0.2) is 73.3 Å². The van der Waals surface area contributed by atoms with Crippen LogP contribution < -0.4 is 18.9 Å². The molecule has 0 aliphatic heterocycles. The Morgan fingerprint density at radius 1 is 0.431 bits per heavy atom. The van der Waals surface area contributed by atoms with Crippen LogP contribution in [-0.2, 0) is 0 Å². The topological polar surface area (TPSA) is 118 Å². The van der Waals surface area contributed by atoms with Crippen LogP contribution in [0, 0.1) is 27.7 Å². The maximum atomic E-state index is 9.84. The standard InChI is InChI=1S/C43H48O8/c1-28-22-33(10-12-39(28)48-18-14-44)35-24-30(3)42(50-20-16-46)37(26-35)41(32-8-6-5-7-9-32)38-27-36(25-31(4)43(38)51-21-17-47)34-11-13-40(29(2)23-34)49-19-15-45/h5-13,22-27,41,44-47H,14-21H2,1-4H3. The van der Waals surface area contributed by atoms with Crippen LogP contribution in [0.15, 0.2) is 91.0 Å². The second-order valence-corrected chi connectivity index (χ2v) is 12.5. The fourth-order valence-electron chi connectivity index (χ4n) is 6.52. The van der Waals surface area contributed by atoms with Crippen LogP contribution in [0.25, 0.3) is 22.3 Å². The normalized spacial score (nSPS) is 11.2. The molecule has 0 unspecified atom stereocenters. The molecule has 0 aliphatic carbocycles. The van der Waals surface area contributed by atoms with Crippen molar-refractivity contribution in [2.75, 3.05) is 52.9 Å². The van der Waals surface area contributed by atoms with E-state index < -0.39 is 0 Å². The van der Waals surface area contributed by atoms with Gasteiger partial charge in [-0.05, 0) is 126 Å². The molecule has 0 fully saturated rings. The van der Waals surface area contributed by atoms with Gasteiger partial charge in [0.15, 0.2) is 0 Å². The lowest BCUT2D eigenvalue weighted by Gasteiger charge is -2.27. The van der Waals surface area contributed by atoms with E-state index in [1.807, 2.05) is 70.2 Å². The van der Waals surface area contributed by atoms with Gasteiger partial charge in [0, 0.05) is 17.0 Å². The van der Waals surface area contributed by atoms with Crippen molar-refractivity contribution in [2.45, 2.75) is 33.6 Å². The van der Waals surface area contributed by atoms with Gasteiger partial charge in [-0.3, -0.25) is 0 Å². The fraction of sp³-hybridized carbons (Fsp3) is 0.302. The third-order valence-electron chi connectivity index (χ3n) is 8.75. The van der Waals surface area contributed by atoms with Gasteiger partial charge in [-0.25, -0.2) is 0 Å². The molecule has 5 aromatic carbocycles. The number of aliphatic hydroxyl groups excluding tert-OH is 4. The number of aliphatic hydroxyl groups is 4. The highest BCUT2D eigenvalue weighted by molar-refractivity contribution is 5.74. The second-order valence-electron chi connectivity index (χ2n) is 12.5. The molecule has 268 valence electrons. The first-order valence-corrected chi connectivity index (χ1v) is 17.3. The Balaban J connectivity index is 1.76. The van der Waals surface area contributed by atoms with Crippen molar-refractivity contribution in [3.05, 3.63) is 130 Å². The van der Waals surface area contributed by atoms with E-state index in [2.05, 4.69) is 48.5 Å². The Hall–Kier alpha value is -4.86. The zero-order valence-electron chi connectivity index (χ0n) is 29.8. The minimum Gasteiger partial charge on any atom is -0.491 e. The highest BCUT2D eigenvalue weighted by Gasteiger charge is 2.28. The van der Waals surface area contributed by atoms with E-state index in [-0.39, 0.29) is 58.8 Å². The third kappa shape index (κ3) is 8.90. The zero-order chi connectivity index (χ0) is 36.3. The number of hydrogen-bond donors (Lipinski definition) is 4. The molecule has 0 amide bonds. The Morgan fingerprint density at radius 3 is 1.22 bits per heavy atom. The molecule has 8 nitrogen and oxygen atoms in total. The molecule has 0 saturated carbocycles. The maximum Gasteiger partial charge on any atom is 0.126 e. The largest absolute Gasteiger partial charge is 0.491 e. The summed E-state index contributed by atoms with van der Waals surface area (Å²) in [6.07, 6.45) is 0. The molecule has 4 N–H and O–H groups in total. The highest BCUT2D eigenvalue weighted by Crippen LogP contribution is 2.47. The van der Waals surface area contributed by atoms with Crippen LogP contribution in [0.4, 0.5) is 0 Å². The van der Waals surface area contributed by atoms with Crippen molar-refractivity contribution < 1.29 is 39.4 Å². The molecule has 0 heterocycles. The lowest BCUT2D eigenvalue weighted by Crippen LogP contribution is -2.13. The SMILES string of the molecule is Cc1cc(-c2cc(C)c(OCCO)c(C(c3ccccc3)c3cc(-c4ccc(OCCO)c(C)c4)cc(C)c3OCCO)c2)ccc1OCCO. The molecule has 5 aromatic rings. The summed E-state index contributed by atoms with van der Waals surface area (Å²) in [4.78, 5) is 0. The highest BCUT2D eigenvalue weighted by atomic mass is 16.5. The van der Waals surface area contributed by atoms with E-state index in [9.17, 15) is 20.4 Å². The first-order valence-electron chi connectivity index (χ1n) is 17.3. The summed E-state index contributed by atoms with van der Waals surface area (Å²) in [7, 11) is 0. The number of benzene rings is 5. The number of hydrogen-bond acceptors (Lipinski definition) is 8. The number of rotatable bonds is 17. The van der Waals surface area contributed by atoms with Gasteiger partial charge in [-0.1, -0.05) is 42.5 Å². The summed E-state index contributed by atoms with van der Waals surface area (Å²) in [5.74, 6) is 2.43. The van der Waals surface area contributed by atoms with Crippen LogP contribution >= 0.6 is 0 Å². The third-order valence-corrected chi connectivity index (χ3v) is 8.75. The molecule has 0 saturated heterocycles. The van der Waals surface area contributed by atoms with Gasteiger partial charge in [0.25, 0.3) is 0 Å². The van der Waals surface area contributed by atoms with E-state index in [0.29, 0.717) is 11.5 Å². The van der Waals surface area contributed by atoms with Crippen molar-refractivity contribution in [2.24, 2.45) is 0 Å². The fourth-order valence-corrected chi connectivity index (χ4v) is 6.52. The summed E-state index contributed by atoms with van der Waals surface area (Å²) in [5, 5.41) is 38.2. The molecular formula is C43H48O8. The molecule has 8 heteroatoms. The predicted molar refractivity (Wildman–Crippen MR) is 200 cm³/mol. The molecule has 0 radical (unpaired) electrons. The first-order chi connectivity index (χ1) is 24.8. The zero-order valence-corrected chi connectivity index (χ0v) is 29.8. The van der Waals surface area contributed by atoms with E-state index in [0.717, 1.165) is 72.7 Å². The molecule has 0 spiro atoms. The van der Waals surface area contributed by atoms with E-state index in [1.54, 1.807) is 0 Å². The molecule has 51 heavy (non-hydrogen) atoms. The lowest BCUT2D eigenvalue weighted by atomic mass is 9.80. The Kier molecular flexibility index (Phi) is 13.1. The van der Waals surface area contributed by atoms with Gasteiger partial charge in [-0.2, -0.15) is 0 Å². The van der Waals surface area contributed by atoms with Crippen molar-refractivity contribution in [1.29, 1.82) is 0 Å². The first kappa shape index (κ1) is 37.4. The quantitative estimate of drug-likeness (QED) is 0.0777. The molecule has 0 atom stereocenters. The van der Waals surface area contributed by atoms with Crippen LogP contribution in [0.5, 0.6) is 23.0 Å². The average molecular weight is 693 g/mol. The Bertz CT molecular complexity index is 1780. The van der Waals surface area contributed by atoms with Gasteiger partial charge in [0.1, 0.15) is 49.4 Å². The Morgan fingerprint density at radius 2 is 0.824 bits per heavy atom.